The molecule has 1 aromatic heterocycles. The quantitative estimate of drug-likeness (QED) is 0.681. The smallest absolute Gasteiger partial charge is 0.248 e. The normalized spacial score (nSPS) is 16.3. The van der Waals surface area contributed by atoms with Gasteiger partial charge < -0.3 is 10.6 Å². The minimum atomic E-state index is -0.652. The van der Waals surface area contributed by atoms with Crippen LogP contribution in [0.3, 0.4) is 0 Å². The van der Waals surface area contributed by atoms with Gasteiger partial charge in [0.05, 0.1) is 5.69 Å². The summed E-state index contributed by atoms with van der Waals surface area (Å²) in [7, 11) is 0. The van der Waals surface area contributed by atoms with Gasteiger partial charge in [-0.1, -0.05) is 43.2 Å². The van der Waals surface area contributed by atoms with Crippen LogP contribution in [-0.4, -0.2) is 40.8 Å². The van der Waals surface area contributed by atoms with Crippen molar-refractivity contribution in [3.8, 4) is 0 Å². The van der Waals surface area contributed by atoms with Crippen LogP contribution in [0.2, 0.25) is 0 Å². The van der Waals surface area contributed by atoms with Crippen molar-refractivity contribution >= 4 is 34.4 Å². The zero-order chi connectivity index (χ0) is 20.5. The van der Waals surface area contributed by atoms with E-state index in [4.69, 9.17) is 0 Å². The maximum Gasteiger partial charge on any atom is 0.248 e. The van der Waals surface area contributed by atoms with Crippen molar-refractivity contribution in [2.45, 2.75) is 45.2 Å². The first kappa shape index (κ1) is 21.2. The van der Waals surface area contributed by atoms with Crippen LogP contribution in [0.1, 0.15) is 43.9 Å². The van der Waals surface area contributed by atoms with E-state index in [1.807, 2.05) is 35.7 Å². The molecular formula is C22H28N4O2S. The van der Waals surface area contributed by atoms with E-state index in [-0.39, 0.29) is 11.8 Å². The topological polar surface area (TPSA) is 74.3 Å². The van der Waals surface area contributed by atoms with E-state index < -0.39 is 6.04 Å². The summed E-state index contributed by atoms with van der Waals surface area (Å²) in [5.74, 6) is -0.584. The Bertz CT molecular complexity index is 826. The molecule has 0 aliphatic carbocycles. The molecule has 0 radical (unpaired) electrons. The van der Waals surface area contributed by atoms with Gasteiger partial charge in [0.1, 0.15) is 6.04 Å². The lowest BCUT2D eigenvalue weighted by Crippen LogP contribution is -2.40. The van der Waals surface area contributed by atoms with Gasteiger partial charge in [0.2, 0.25) is 11.8 Å². The highest BCUT2D eigenvalue weighted by Gasteiger charge is 2.17. The molecule has 1 atom stereocenters. The second-order valence-corrected chi connectivity index (χ2v) is 8.16. The highest BCUT2D eigenvalue weighted by molar-refractivity contribution is 7.13. The zero-order valence-electron chi connectivity index (χ0n) is 16.8. The average molecular weight is 413 g/mol. The summed E-state index contributed by atoms with van der Waals surface area (Å²) in [5.41, 5.74) is 1.91. The molecule has 1 fully saturated rings. The van der Waals surface area contributed by atoms with Crippen LogP contribution in [0.5, 0.6) is 0 Å². The summed E-state index contributed by atoms with van der Waals surface area (Å²) < 4.78 is 0. The number of carbonyl (C=O) groups is 2. The fraction of sp³-hybridized carbons (Fsp3) is 0.409. The van der Waals surface area contributed by atoms with Gasteiger partial charge in [0.15, 0.2) is 5.13 Å². The molecule has 0 spiro atoms. The molecular weight excluding hydrogens is 384 g/mol. The van der Waals surface area contributed by atoms with Crippen molar-refractivity contribution in [2.24, 2.45) is 0 Å². The molecule has 1 saturated heterocycles. The van der Waals surface area contributed by atoms with Gasteiger partial charge >= 0.3 is 0 Å². The van der Waals surface area contributed by atoms with Crippen molar-refractivity contribution in [2.75, 3.05) is 18.4 Å². The number of benzene rings is 1. The standard InChI is InChI=1S/C22H28N4O2S/c1-17(23-20(27)12-11-18-9-5-4-6-10-18)21(28)25-22-24-19(16-29-22)15-26-13-7-2-3-8-14-26/h4-6,9-12,16-17H,2-3,7-8,13-15H2,1H3,(H,23,27)(H,24,25,28). The van der Waals surface area contributed by atoms with Gasteiger partial charge in [-0.15, -0.1) is 11.3 Å². The summed E-state index contributed by atoms with van der Waals surface area (Å²) in [6.07, 6.45) is 8.24. The number of nitrogens with one attached hydrogen (secondary N) is 2. The number of anilines is 1. The summed E-state index contributed by atoms with van der Waals surface area (Å²) in [5, 5.41) is 8.04. The summed E-state index contributed by atoms with van der Waals surface area (Å²) in [4.78, 5) is 31.4. The number of amides is 2. The van der Waals surface area contributed by atoms with Crippen molar-refractivity contribution in [1.82, 2.24) is 15.2 Å². The molecule has 0 saturated carbocycles. The molecule has 1 aromatic carbocycles. The minimum Gasteiger partial charge on any atom is -0.341 e. The number of rotatable bonds is 7. The van der Waals surface area contributed by atoms with Gasteiger partial charge in [-0.2, -0.15) is 0 Å². The molecule has 2 amide bonds. The first-order chi connectivity index (χ1) is 14.1. The van der Waals surface area contributed by atoms with E-state index in [0.717, 1.165) is 30.9 Å². The second kappa shape index (κ2) is 10.9. The van der Waals surface area contributed by atoms with E-state index in [1.54, 1.807) is 13.0 Å². The Morgan fingerprint density at radius 3 is 2.62 bits per heavy atom. The first-order valence-corrected chi connectivity index (χ1v) is 11.0. The molecule has 0 bridgehead atoms. The van der Waals surface area contributed by atoms with Crippen LogP contribution in [-0.2, 0) is 16.1 Å². The first-order valence-electron chi connectivity index (χ1n) is 10.1. The monoisotopic (exact) mass is 412 g/mol. The largest absolute Gasteiger partial charge is 0.341 e. The van der Waals surface area contributed by atoms with E-state index in [0.29, 0.717) is 5.13 Å². The van der Waals surface area contributed by atoms with Crippen molar-refractivity contribution in [3.63, 3.8) is 0 Å². The van der Waals surface area contributed by atoms with Crippen LogP contribution >= 0.6 is 11.3 Å². The lowest BCUT2D eigenvalue weighted by atomic mass is 10.2. The number of hydrogen-bond donors (Lipinski definition) is 2. The second-order valence-electron chi connectivity index (χ2n) is 7.30. The molecule has 154 valence electrons. The lowest BCUT2D eigenvalue weighted by Gasteiger charge is -2.18. The van der Waals surface area contributed by atoms with Gasteiger partial charge in [-0.3, -0.25) is 14.5 Å². The lowest BCUT2D eigenvalue weighted by molar-refractivity contribution is -0.123. The third-order valence-electron chi connectivity index (χ3n) is 4.84. The highest BCUT2D eigenvalue weighted by atomic mass is 32.1. The number of thiazole rings is 1. The zero-order valence-corrected chi connectivity index (χ0v) is 17.6. The Morgan fingerprint density at radius 2 is 1.90 bits per heavy atom. The number of likely N-dealkylation sites (tertiary alicyclic amines) is 1. The van der Waals surface area contributed by atoms with Crippen LogP contribution in [0.25, 0.3) is 6.08 Å². The van der Waals surface area contributed by atoms with E-state index in [2.05, 4.69) is 20.5 Å². The third kappa shape index (κ3) is 7.11. The number of nitrogens with zero attached hydrogens (tertiary/aromatic N) is 2. The number of carbonyl (C=O) groups excluding carboxylic acids is 2. The molecule has 29 heavy (non-hydrogen) atoms. The van der Waals surface area contributed by atoms with E-state index in [1.165, 1.54) is 43.1 Å². The minimum absolute atomic E-state index is 0.276. The fourth-order valence-corrected chi connectivity index (χ4v) is 3.94. The van der Waals surface area contributed by atoms with Gasteiger partial charge in [-0.25, -0.2) is 4.98 Å². The Morgan fingerprint density at radius 1 is 1.17 bits per heavy atom. The van der Waals surface area contributed by atoms with Crippen LogP contribution in [0.15, 0.2) is 41.8 Å². The van der Waals surface area contributed by atoms with E-state index in [9.17, 15) is 9.59 Å². The maximum atomic E-state index is 12.4. The van der Waals surface area contributed by atoms with Gasteiger partial charge in [0, 0.05) is 18.0 Å². The molecule has 2 heterocycles. The fourth-order valence-electron chi connectivity index (χ4n) is 3.24. The maximum absolute atomic E-state index is 12.4. The molecule has 1 unspecified atom stereocenters. The van der Waals surface area contributed by atoms with Crippen molar-refractivity contribution < 1.29 is 9.59 Å². The molecule has 1 aliphatic rings. The molecule has 1 aliphatic heterocycles. The van der Waals surface area contributed by atoms with Crippen molar-refractivity contribution in [3.05, 3.63) is 53.0 Å². The molecule has 6 nitrogen and oxygen atoms in total. The van der Waals surface area contributed by atoms with Crippen LogP contribution < -0.4 is 10.6 Å². The molecule has 2 aromatic rings. The Kier molecular flexibility index (Phi) is 7.95. The van der Waals surface area contributed by atoms with Gasteiger partial charge in [-0.05, 0) is 44.5 Å². The highest BCUT2D eigenvalue weighted by Crippen LogP contribution is 2.19. The molecule has 3 rings (SSSR count). The van der Waals surface area contributed by atoms with Crippen LogP contribution in [0.4, 0.5) is 5.13 Å². The van der Waals surface area contributed by atoms with Gasteiger partial charge in [0.25, 0.3) is 0 Å². The Hall–Kier alpha value is -2.51. The summed E-state index contributed by atoms with van der Waals surface area (Å²) in [6, 6.07) is 8.89. The Labute approximate surface area is 176 Å². The summed E-state index contributed by atoms with van der Waals surface area (Å²) >= 11 is 1.42. The predicted octanol–water partition coefficient (Wildman–Crippen LogP) is 3.68. The Balaban J connectivity index is 1.46. The molecule has 2 N–H and O–H groups in total. The molecule has 7 heteroatoms. The van der Waals surface area contributed by atoms with Crippen LogP contribution in [0, 0.1) is 0 Å². The third-order valence-corrected chi connectivity index (χ3v) is 5.65. The van der Waals surface area contributed by atoms with E-state index >= 15 is 0 Å². The van der Waals surface area contributed by atoms with Crippen molar-refractivity contribution in [1.29, 1.82) is 0 Å². The number of hydrogen-bond acceptors (Lipinski definition) is 5. The predicted molar refractivity (Wildman–Crippen MR) is 118 cm³/mol. The SMILES string of the molecule is CC(NC(=O)C=Cc1ccccc1)C(=O)Nc1nc(CN2CCCCCC2)cs1. The average Bonchev–Trinajstić information content (AvgIpc) is 2.99. The number of aromatic nitrogens is 1. The summed E-state index contributed by atoms with van der Waals surface area (Å²) in [6.45, 7) is 4.70.